The molecule has 3 nitrogen and oxygen atoms in total. The Hall–Kier alpha value is -2.62. The number of ether oxygens (including phenoxy) is 2. The molecule has 2 rings (SSSR count). The van der Waals surface area contributed by atoms with Crippen molar-refractivity contribution in [1.82, 2.24) is 0 Å². The summed E-state index contributed by atoms with van der Waals surface area (Å²) < 4.78 is 23.7. The molecule has 0 aromatic heterocycles. The van der Waals surface area contributed by atoms with Gasteiger partial charge in [0.25, 0.3) is 0 Å². The standard InChI is InChI=1S/C17H15FO3/c1-2-20-17(19)16(18)12-13-8-10-15(11-9-13)21-14-6-4-3-5-7-14/h3-12H,2H2,1H3/b16-12-. The van der Waals surface area contributed by atoms with E-state index in [1.807, 2.05) is 30.3 Å². The summed E-state index contributed by atoms with van der Waals surface area (Å²) in [5.74, 6) is -0.524. The van der Waals surface area contributed by atoms with E-state index < -0.39 is 11.8 Å². The normalized spacial score (nSPS) is 11.0. The maximum atomic E-state index is 13.5. The molecule has 0 fully saturated rings. The largest absolute Gasteiger partial charge is 0.461 e. The second-order valence-corrected chi connectivity index (χ2v) is 4.20. The molecule has 108 valence electrons. The molecule has 0 aliphatic carbocycles. The molecule has 0 aliphatic rings. The van der Waals surface area contributed by atoms with E-state index >= 15 is 0 Å². The van der Waals surface area contributed by atoms with Gasteiger partial charge in [0.2, 0.25) is 5.83 Å². The van der Waals surface area contributed by atoms with Gasteiger partial charge in [0.15, 0.2) is 0 Å². The van der Waals surface area contributed by atoms with Crippen LogP contribution in [0.4, 0.5) is 4.39 Å². The first-order chi connectivity index (χ1) is 10.2. The predicted octanol–water partition coefficient (Wildman–Crippen LogP) is 4.35. The monoisotopic (exact) mass is 286 g/mol. The van der Waals surface area contributed by atoms with Crippen LogP contribution in [0.2, 0.25) is 0 Å². The number of hydrogen-bond acceptors (Lipinski definition) is 3. The molecule has 0 atom stereocenters. The fraction of sp³-hybridized carbons (Fsp3) is 0.118. The van der Waals surface area contributed by atoms with Crippen LogP contribution in [0.25, 0.3) is 6.08 Å². The summed E-state index contributed by atoms with van der Waals surface area (Å²) >= 11 is 0. The van der Waals surface area contributed by atoms with Gasteiger partial charge < -0.3 is 9.47 Å². The molecule has 0 saturated heterocycles. The van der Waals surface area contributed by atoms with Gasteiger partial charge in [-0.1, -0.05) is 30.3 Å². The number of carbonyl (C=O) groups is 1. The molecule has 0 radical (unpaired) electrons. The van der Waals surface area contributed by atoms with Crippen LogP contribution in [0, 0.1) is 0 Å². The molecular formula is C17H15FO3. The maximum absolute atomic E-state index is 13.5. The second kappa shape index (κ2) is 7.24. The van der Waals surface area contributed by atoms with Crippen LogP contribution in [-0.4, -0.2) is 12.6 Å². The Morgan fingerprint density at radius 1 is 1.05 bits per heavy atom. The highest BCUT2D eigenvalue weighted by molar-refractivity contribution is 5.91. The van der Waals surface area contributed by atoms with Gasteiger partial charge in [0, 0.05) is 0 Å². The van der Waals surface area contributed by atoms with E-state index in [-0.39, 0.29) is 6.61 Å². The summed E-state index contributed by atoms with van der Waals surface area (Å²) in [6.07, 6.45) is 1.13. The smallest absolute Gasteiger partial charge is 0.367 e. The molecule has 4 heteroatoms. The third-order valence-corrected chi connectivity index (χ3v) is 2.62. The lowest BCUT2D eigenvalue weighted by atomic mass is 10.2. The van der Waals surface area contributed by atoms with Crippen molar-refractivity contribution in [1.29, 1.82) is 0 Å². The van der Waals surface area contributed by atoms with Crippen molar-refractivity contribution < 1.29 is 18.7 Å². The third kappa shape index (κ3) is 4.45. The van der Waals surface area contributed by atoms with Crippen molar-refractivity contribution in [2.24, 2.45) is 0 Å². The minimum absolute atomic E-state index is 0.143. The first-order valence-corrected chi connectivity index (χ1v) is 6.56. The number of esters is 1. The molecule has 0 spiro atoms. The van der Waals surface area contributed by atoms with E-state index in [0.717, 1.165) is 11.8 Å². The van der Waals surface area contributed by atoms with E-state index in [1.165, 1.54) is 0 Å². The van der Waals surface area contributed by atoms with Crippen LogP contribution in [0.3, 0.4) is 0 Å². The minimum atomic E-state index is -0.956. The fourth-order valence-electron chi connectivity index (χ4n) is 1.66. The maximum Gasteiger partial charge on any atom is 0.367 e. The Labute approximate surface area is 122 Å². The van der Waals surface area contributed by atoms with Gasteiger partial charge >= 0.3 is 5.97 Å². The zero-order valence-electron chi connectivity index (χ0n) is 11.6. The van der Waals surface area contributed by atoms with E-state index in [1.54, 1.807) is 31.2 Å². The second-order valence-electron chi connectivity index (χ2n) is 4.20. The van der Waals surface area contributed by atoms with Crippen molar-refractivity contribution >= 4 is 12.0 Å². The Kier molecular flexibility index (Phi) is 5.10. The van der Waals surface area contributed by atoms with Crippen LogP contribution in [0.15, 0.2) is 60.4 Å². The average molecular weight is 286 g/mol. The van der Waals surface area contributed by atoms with Gasteiger partial charge in [-0.05, 0) is 42.8 Å². The van der Waals surface area contributed by atoms with Gasteiger partial charge in [0.1, 0.15) is 11.5 Å². The van der Waals surface area contributed by atoms with E-state index in [4.69, 9.17) is 4.74 Å². The van der Waals surface area contributed by atoms with Crippen LogP contribution in [0.5, 0.6) is 11.5 Å². The summed E-state index contributed by atoms with van der Waals surface area (Å²) in [6, 6.07) is 16.1. The number of hydrogen-bond donors (Lipinski definition) is 0. The Balaban J connectivity index is 2.05. The third-order valence-electron chi connectivity index (χ3n) is 2.62. The summed E-state index contributed by atoms with van der Waals surface area (Å²) in [4.78, 5) is 11.2. The molecule has 2 aromatic rings. The average Bonchev–Trinajstić information content (AvgIpc) is 2.50. The van der Waals surface area contributed by atoms with Crippen LogP contribution in [0.1, 0.15) is 12.5 Å². The van der Waals surface area contributed by atoms with E-state index in [0.29, 0.717) is 11.3 Å². The number of benzene rings is 2. The van der Waals surface area contributed by atoms with Gasteiger partial charge in [-0.3, -0.25) is 0 Å². The molecule has 21 heavy (non-hydrogen) atoms. The molecule has 0 amide bonds. The van der Waals surface area contributed by atoms with Crippen LogP contribution in [-0.2, 0) is 9.53 Å². The lowest BCUT2D eigenvalue weighted by molar-refractivity contribution is -0.140. The van der Waals surface area contributed by atoms with Gasteiger partial charge in [0.05, 0.1) is 6.61 Å². The quantitative estimate of drug-likeness (QED) is 0.605. The molecule has 0 bridgehead atoms. The van der Waals surface area contributed by atoms with Crippen LogP contribution < -0.4 is 4.74 Å². The van der Waals surface area contributed by atoms with Crippen molar-refractivity contribution in [3.63, 3.8) is 0 Å². The molecule has 0 heterocycles. The molecule has 0 unspecified atom stereocenters. The molecule has 0 N–H and O–H groups in total. The van der Waals surface area contributed by atoms with Gasteiger partial charge in [-0.2, -0.15) is 4.39 Å². The lowest BCUT2D eigenvalue weighted by Crippen LogP contribution is -2.03. The number of rotatable bonds is 5. The highest BCUT2D eigenvalue weighted by atomic mass is 19.1. The SMILES string of the molecule is CCOC(=O)/C(F)=C/c1ccc(Oc2ccccc2)cc1. The first-order valence-electron chi connectivity index (χ1n) is 6.56. The van der Waals surface area contributed by atoms with Crippen molar-refractivity contribution in [3.05, 3.63) is 66.0 Å². The summed E-state index contributed by atoms with van der Waals surface area (Å²) in [7, 11) is 0. The number of para-hydroxylation sites is 1. The lowest BCUT2D eigenvalue weighted by Gasteiger charge is -2.05. The predicted molar refractivity (Wildman–Crippen MR) is 78.7 cm³/mol. The minimum Gasteiger partial charge on any atom is -0.461 e. The summed E-state index contributed by atoms with van der Waals surface area (Å²) in [5, 5.41) is 0. The fourth-order valence-corrected chi connectivity index (χ4v) is 1.66. The zero-order valence-corrected chi connectivity index (χ0v) is 11.6. The molecule has 2 aromatic carbocycles. The summed E-state index contributed by atoms with van der Waals surface area (Å²) in [5.41, 5.74) is 0.556. The summed E-state index contributed by atoms with van der Waals surface area (Å²) in [6.45, 7) is 1.77. The Bertz CT molecular complexity index is 618. The molecule has 0 saturated carbocycles. The zero-order chi connectivity index (χ0) is 15.1. The Morgan fingerprint density at radius 2 is 1.67 bits per heavy atom. The highest BCUT2D eigenvalue weighted by Gasteiger charge is 2.09. The first kappa shape index (κ1) is 14.8. The van der Waals surface area contributed by atoms with E-state index in [9.17, 15) is 9.18 Å². The highest BCUT2D eigenvalue weighted by Crippen LogP contribution is 2.22. The van der Waals surface area contributed by atoms with Crippen LogP contribution >= 0.6 is 0 Å². The number of carbonyl (C=O) groups excluding carboxylic acids is 1. The van der Waals surface area contributed by atoms with E-state index in [2.05, 4.69) is 4.74 Å². The topological polar surface area (TPSA) is 35.5 Å². The van der Waals surface area contributed by atoms with Gasteiger partial charge in [-0.25, -0.2) is 4.79 Å². The number of halogens is 1. The molecular weight excluding hydrogens is 271 g/mol. The van der Waals surface area contributed by atoms with Crippen molar-refractivity contribution in [2.75, 3.05) is 6.61 Å². The Morgan fingerprint density at radius 3 is 2.29 bits per heavy atom. The van der Waals surface area contributed by atoms with Crippen molar-refractivity contribution in [2.45, 2.75) is 6.92 Å². The van der Waals surface area contributed by atoms with Gasteiger partial charge in [-0.15, -0.1) is 0 Å². The van der Waals surface area contributed by atoms with Crippen molar-refractivity contribution in [3.8, 4) is 11.5 Å². The molecule has 0 aliphatic heterocycles.